The van der Waals surface area contributed by atoms with Gasteiger partial charge in [0, 0.05) is 17.4 Å². The van der Waals surface area contributed by atoms with Gasteiger partial charge in [-0.3, -0.25) is 10.1 Å². The molecular weight excluding hydrogens is 346 g/mol. The van der Waals surface area contributed by atoms with E-state index < -0.39 is 22.2 Å². The van der Waals surface area contributed by atoms with E-state index in [-0.39, 0.29) is 17.3 Å². The third kappa shape index (κ3) is 3.69. The molecule has 10 heteroatoms. The van der Waals surface area contributed by atoms with Gasteiger partial charge in [0.25, 0.3) is 0 Å². The Bertz CT molecular complexity index is 983. The third-order valence-electron chi connectivity index (χ3n) is 3.32. The lowest BCUT2D eigenvalue weighted by molar-refractivity contribution is -0.383. The molecule has 0 aliphatic rings. The average molecular weight is 358 g/mol. The minimum atomic E-state index is -1.09. The smallest absolute Gasteiger partial charge is 0.334 e. The van der Waals surface area contributed by atoms with Crippen LogP contribution in [0, 0.1) is 28.7 Å². The number of aryl methyl sites for hydroxylation is 1. The largest absolute Gasteiger partial charge is 0.353 e. The maximum Gasteiger partial charge on any atom is 0.353 e. The van der Waals surface area contributed by atoms with E-state index in [0.29, 0.717) is 11.5 Å². The van der Waals surface area contributed by atoms with E-state index in [2.05, 4.69) is 25.6 Å². The lowest BCUT2D eigenvalue weighted by atomic mass is 10.3. The van der Waals surface area contributed by atoms with Crippen molar-refractivity contribution in [2.24, 2.45) is 0 Å². The first-order valence-corrected chi connectivity index (χ1v) is 7.36. The normalized spacial score (nSPS) is 10.4. The predicted octanol–water partition coefficient (Wildman–Crippen LogP) is 3.85. The number of benzene rings is 1. The van der Waals surface area contributed by atoms with Crippen LogP contribution in [-0.4, -0.2) is 19.9 Å². The molecule has 0 aliphatic carbocycles. The molecule has 26 heavy (non-hydrogen) atoms. The Balaban J connectivity index is 1.98. The summed E-state index contributed by atoms with van der Waals surface area (Å²) in [6.07, 6.45) is 1.10. The van der Waals surface area contributed by atoms with Gasteiger partial charge < -0.3 is 10.6 Å². The Hall–Kier alpha value is -3.69. The van der Waals surface area contributed by atoms with Crippen molar-refractivity contribution in [3.63, 3.8) is 0 Å². The summed E-state index contributed by atoms with van der Waals surface area (Å²) in [5, 5.41) is 16.9. The maximum atomic E-state index is 13.3. The van der Waals surface area contributed by atoms with E-state index in [1.54, 1.807) is 25.1 Å². The first kappa shape index (κ1) is 17.1. The molecule has 2 heterocycles. The van der Waals surface area contributed by atoms with E-state index in [1.807, 2.05) is 0 Å². The van der Waals surface area contributed by atoms with Crippen LogP contribution in [0.2, 0.25) is 0 Å². The Labute approximate surface area is 146 Å². The molecule has 2 N–H and O–H groups in total. The van der Waals surface area contributed by atoms with E-state index in [9.17, 15) is 18.9 Å². The van der Waals surface area contributed by atoms with Crippen LogP contribution >= 0.6 is 0 Å². The fraction of sp³-hybridized carbons (Fsp3) is 0.0625. The van der Waals surface area contributed by atoms with Crippen LogP contribution in [0.5, 0.6) is 0 Å². The second-order valence-corrected chi connectivity index (χ2v) is 5.22. The van der Waals surface area contributed by atoms with E-state index in [0.717, 1.165) is 18.5 Å². The molecule has 0 fully saturated rings. The van der Waals surface area contributed by atoms with E-state index in [1.165, 1.54) is 6.07 Å². The van der Waals surface area contributed by atoms with Gasteiger partial charge in [0.1, 0.15) is 12.1 Å². The fourth-order valence-corrected chi connectivity index (χ4v) is 2.18. The zero-order valence-corrected chi connectivity index (χ0v) is 13.4. The van der Waals surface area contributed by atoms with Gasteiger partial charge in [0.2, 0.25) is 11.6 Å². The number of hydrogen-bond donors (Lipinski definition) is 2. The molecule has 132 valence electrons. The third-order valence-corrected chi connectivity index (χ3v) is 3.32. The molecule has 3 aromatic rings. The van der Waals surface area contributed by atoms with Gasteiger partial charge in [-0.1, -0.05) is 6.07 Å². The highest BCUT2D eigenvalue weighted by molar-refractivity contribution is 5.76. The van der Waals surface area contributed by atoms with Crippen molar-refractivity contribution in [2.75, 3.05) is 10.6 Å². The zero-order valence-electron chi connectivity index (χ0n) is 13.4. The minimum absolute atomic E-state index is 0.0896. The Morgan fingerprint density at radius 3 is 2.42 bits per heavy atom. The molecule has 0 saturated carbocycles. The SMILES string of the molecule is Cc1cccc(Nc2ncnc(Nc3ccc(F)c(F)c3)c2[N+](=O)[O-])n1. The van der Waals surface area contributed by atoms with Crippen LogP contribution in [0.1, 0.15) is 5.69 Å². The van der Waals surface area contributed by atoms with Crippen LogP contribution < -0.4 is 10.6 Å². The number of anilines is 4. The molecule has 0 bridgehead atoms. The summed E-state index contributed by atoms with van der Waals surface area (Å²) in [5.74, 6) is -2.01. The summed E-state index contributed by atoms with van der Waals surface area (Å²) in [5.41, 5.74) is 0.359. The molecule has 0 spiro atoms. The van der Waals surface area contributed by atoms with Gasteiger partial charge in [0.15, 0.2) is 11.6 Å². The molecule has 0 atom stereocenters. The molecule has 0 unspecified atom stereocenters. The fourth-order valence-electron chi connectivity index (χ4n) is 2.18. The van der Waals surface area contributed by atoms with Gasteiger partial charge in [-0.05, 0) is 31.2 Å². The summed E-state index contributed by atoms with van der Waals surface area (Å²) >= 11 is 0. The lowest BCUT2D eigenvalue weighted by Crippen LogP contribution is -2.06. The number of aromatic nitrogens is 3. The van der Waals surface area contributed by atoms with Gasteiger partial charge in [-0.15, -0.1) is 0 Å². The number of nitro groups is 1. The van der Waals surface area contributed by atoms with Crippen molar-refractivity contribution >= 4 is 28.8 Å². The highest BCUT2D eigenvalue weighted by Gasteiger charge is 2.24. The molecule has 0 aliphatic heterocycles. The Morgan fingerprint density at radius 2 is 1.77 bits per heavy atom. The number of nitrogens with zero attached hydrogens (tertiary/aromatic N) is 4. The summed E-state index contributed by atoms with van der Waals surface area (Å²) in [6, 6.07) is 8.14. The number of halogens is 2. The summed E-state index contributed by atoms with van der Waals surface area (Å²) in [4.78, 5) is 22.7. The number of nitrogens with one attached hydrogen (secondary N) is 2. The number of rotatable bonds is 5. The molecule has 0 saturated heterocycles. The molecule has 8 nitrogen and oxygen atoms in total. The minimum Gasteiger partial charge on any atom is -0.334 e. The van der Waals surface area contributed by atoms with Crippen LogP contribution in [0.3, 0.4) is 0 Å². The van der Waals surface area contributed by atoms with Crippen molar-refractivity contribution in [1.82, 2.24) is 15.0 Å². The molecule has 3 rings (SSSR count). The van der Waals surface area contributed by atoms with Crippen molar-refractivity contribution < 1.29 is 13.7 Å². The van der Waals surface area contributed by atoms with Crippen LogP contribution in [0.25, 0.3) is 0 Å². The quantitative estimate of drug-likeness (QED) is 0.527. The van der Waals surface area contributed by atoms with Crippen molar-refractivity contribution in [1.29, 1.82) is 0 Å². The summed E-state index contributed by atoms with van der Waals surface area (Å²) in [6.45, 7) is 1.77. The average Bonchev–Trinajstić information content (AvgIpc) is 2.58. The van der Waals surface area contributed by atoms with Crippen molar-refractivity contribution in [2.45, 2.75) is 6.92 Å². The standard InChI is InChI=1S/C16H12F2N6O2/c1-9-3-2-4-13(21-9)23-16-14(24(25)26)15(19-8-20-16)22-10-5-6-11(17)12(18)7-10/h2-8H,1H3,(H2,19,20,21,22,23). The van der Waals surface area contributed by atoms with E-state index in [4.69, 9.17) is 0 Å². The van der Waals surface area contributed by atoms with Gasteiger partial charge in [0.05, 0.1) is 4.92 Å². The monoisotopic (exact) mass is 358 g/mol. The zero-order chi connectivity index (χ0) is 18.7. The molecule has 0 amide bonds. The molecule has 2 aromatic heterocycles. The lowest BCUT2D eigenvalue weighted by Gasteiger charge is -2.10. The van der Waals surface area contributed by atoms with Gasteiger partial charge in [-0.25, -0.2) is 23.7 Å². The second-order valence-electron chi connectivity index (χ2n) is 5.22. The van der Waals surface area contributed by atoms with Gasteiger partial charge in [-0.2, -0.15) is 0 Å². The van der Waals surface area contributed by atoms with Crippen LogP contribution in [-0.2, 0) is 0 Å². The first-order chi connectivity index (χ1) is 12.4. The summed E-state index contributed by atoms with van der Waals surface area (Å²) < 4.78 is 26.4. The van der Waals surface area contributed by atoms with E-state index >= 15 is 0 Å². The predicted molar refractivity (Wildman–Crippen MR) is 90.6 cm³/mol. The first-order valence-electron chi connectivity index (χ1n) is 7.36. The Morgan fingerprint density at radius 1 is 1.04 bits per heavy atom. The van der Waals surface area contributed by atoms with Crippen LogP contribution in [0.15, 0.2) is 42.7 Å². The van der Waals surface area contributed by atoms with Crippen molar-refractivity contribution in [3.8, 4) is 0 Å². The number of pyridine rings is 1. The highest BCUT2D eigenvalue weighted by Crippen LogP contribution is 2.32. The molecule has 0 radical (unpaired) electrons. The Kier molecular flexibility index (Phi) is 4.65. The number of hydrogen-bond acceptors (Lipinski definition) is 7. The molecular formula is C16H12F2N6O2. The summed E-state index contributed by atoms with van der Waals surface area (Å²) in [7, 11) is 0. The molecule has 1 aromatic carbocycles. The maximum absolute atomic E-state index is 13.3. The highest BCUT2D eigenvalue weighted by atomic mass is 19.2. The van der Waals surface area contributed by atoms with Crippen LogP contribution in [0.4, 0.5) is 37.6 Å². The second kappa shape index (κ2) is 7.05. The van der Waals surface area contributed by atoms with Crippen molar-refractivity contribution in [3.05, 3.63) is 70.2 Å². The van der Waals surface area contributed by atoms with Gasteiger partial charge >= 0.3 is 5.69 Å². The topological polar surface area (TPSA) is 106 Å².